The molecule has 12 rings (SSSR count). The van der Waals surface area contributed by atoms with Gasteiger partial charge in [0.25, 0.3) is 13.9 Å². The molecule has 105 heavy (non-hydrogen) atoms. The molecular weight excluding hydrogens is 1360 g/mol. The summed E-state index contributed by atoms with van der Waals surface area (Å²) >= 11 is 1.49. The van der Waals surface area contributed by atoms with E-state index in [0.29, 0.717) is 26.0 Å². The van der Waals surface area contributed by atoms with Crippen LogP contribution in [0.1, 0.15) is 56.4 Å². The van der Waals surface area contributed by atoms with Gasteiger partial charge in [0.1, 0.15) is 23.8 Å². The van der Waals surface area contributed by atoms with Crippen LogP contribution in [0.25, 0.3) is 6.08 Å². The lowest BCUT2D eigenvalue weighted by Crippen LogP contribution is -2.69. The normalized spacial score (nSPS) is 15.9. The van der Waals surface area contributed by atoms with Crippen molar-refractivity contribution in [1.82, 2.24) is 0 Å². The molecule has 0 amide bonds. The number of aliphatic hydroxyl groups is 1. The minimum atomic E-state index is -5.17. The van der Waals surface area contributed by atoms with Gasteiger partial charge in [-0.2, -0.15) is 29.0 Å². The van der Waals surface area contributed by atoms with Gasteiger partial charge in [-0.05, 0) is 148 Å². The summed E-state index contributed by atoms with van der Waals surface area (Å²) in [5, 5.41) is 46.8. The van der Waals surface area contributed by atoms with Gasteiger partial charge in [-0.15, -0.1) is 11.8 Å². The van der Waals surface area contributed by atoms with Crippen LogP contribution in [-0.2, 0) is 25.7 Å². The molecule has 9 nitrogen and oxygen atoms in total. The van der Waals surface area contributed by atoms with Crippen molar-refractivity contribution in [3.8, 4) is 18.2 Å². The Kier molecular flexibility index (Phi) is 23.3. The molecule has 0 aromatic heterocycles. The Morgan fingerprint density at radius 2 is 1.09 bits per heavy atom. The van der Waals surface area contributed by atoms with Crippen molar-refractivity contribution < 1.29 is 27.4 Å². The summed E-state index contributed by atoms with van der Waals surface area (Å²) in [7, 11) is 0.552. The molecule has 10 aromatic rings. The summed E-state index contributed by atoms with van der Waals surface area (Å²) in [4.78, 5) is 10.7. The number of allylic oxidation sites excluding steroid dienone is 7. The number of halogens is 3. The lowest BCUT2D eigenvalue weighted by atomic mass is 9.74. The van der Waals surface area contributed by atoms with Crippen LogP contribution in [0.15, 0.2) is 357 Å². The molecule has 0 saturated carbocycles. The van der Waals surface area contributed by atoms with Gasteiger partial charge in [0.05, 0.1) is 23.6 Å². The molecule has 1 aliphatic heterocycles. The summed E-state index contributed by atoms with van der Waals surface area (Å²) in [5.74, 6) is -0.517. The van der Waals surface area contributed by atoms with Gasteiger partial charge in [-0.1, -0.05) is 232 Å². The summed E-state index contributed by atoms with van der Waals surface area (Å²) in [6.07, 6.45) is 3.68. The SMILES string of the molecule is CCN(CCO[Si](c1ccccc1)(c1ccccc1)c1ccccc1)c1ccc(N(c2ccc(/C=C/C3=C(SCC(O)c4ccccc4[S+](c4ccccc4)c4ccccc4)C(=C/C=C/C4=C(C#N)C(=C(C#N)C#N)OC4(c4ccccc4)C(F)(F)F)/CC(C)(C)C3)cc2)c2ccc(N(C)C)cc2)cc1. The molecule has 10 aromatic carbocycles. The van der Waals surface area contributed by atoms with Crippen LogP contribution in [0.3, 0.4) is 0 Å². The number of nitrogens with zero attached hydrogens (tertiary/aromatic N) is 6. The van der Waals surface area contributed by atoms with Gasteiger partial charge < -0.3 is 29.0 Å². The van der Waals surface area contributed by atoms with E-state index in [1.54, 1.807) is 24.3 Å². The zero-order valence-electron chi connectivity index (χ0n) is 59.2. The summed E-state index contributed by atoms with van der Waals surface area (Å²) in [5.41, 5.74) is 2.65. The fraction of sp³-hybridized carbons (Fsp3) is 0.167. The van der Waals surface area contributed by atoms with Crippen LogP contribution in [0.4, 0.5) is 41.6 Å². The molecular formula is C90H80F3N6O3S2Si+. The quantitative estimate of drug-likeness (QED) is 0.0256. The second kappa shape index (κ2) is 33.1. The minimum absolute atomic E-state index is 0.222. The molecule has 0 bridgehead atoms. The van der Waals surface area contributed by atoms with Gasteiger partial charge in [0.15, 0.2) is 26.0 Å². The molecule has 2 unspecified atom stereocenters. The van der Waals surface area contributed by atoms with E-state index in [1.165, 1.54) is 63.7 Å². The van der Waals surface area contributed by atoms with Crippen molar-refractivity contribution in [3.63, 3.8) is 0 Å². The van der Waals surface area contributed by atoms with Gasteiger partial charge in [-0.25, -0.2) is 0 Å². The fourth-order valence-corrected chi connectivity index (χ4v) is 21.3. The Morgan fingerprint density at radius 3 is 1.58 bits per heavy atom. The second-order valence-electron chi connectivity index (χ2n) is 26.6. The number of benzene rings is 10. The topological polar surface area (TPSA) is 120 Å². The number of ether oxygens (including phenoxy) is 1. The number of aliphatic hydroxyl groups excluding tert-OH is 1. The molecule has 15 heteroatoms. The maximum Gasteiger partial charge on any atom is 0.437 e. The van der Waals surface area contributed by atoms with Crippen LogP contribution < -0.4 is 30.3 Å². The average Bonchev–Trinajstić information content (AvgIpc) is 1.58. The Labute approximate surface area is 622 Å². The monoisotopic (exact) mass is 1440 g/mol. The standard InChI is InChI=1S/C90H80F3N6O3S2Si/c1-6-98(58-59-101-105(78-35-19-10-20-36-78,79-37-21-11-22-38-79)80-39-23-12-24-40-80)72-52-56-75(57-53-72)99(74-54-50-71(51-55-74)97(4)5)73-48-45-66(46-49-73)44-47-68-61-88(2,3)60-67(28-27-42-83-82(64-96)86(69(62-94)63-95)102-89(83,90(91,92)93)70-29-13-7-14-30-70)87(68)103-65-84(100)81-41-25-26-43-85(81)104(76-31-15-8-16-32-76)77-33-17-9-18-34-77/h7-57,84,100H,6,58-61,65H2,1-5H3/q+1/b42-27+,47-44+,67-28+. The third kappa shape index (κ3) is 16.0. The van der Waals surface area contributed by atoms with Crippen LogP contribution in [-0.4, -0.2) is 59.1 Å². The first-order valence-corrected chi connectivity index (χ1v) is 39.0. The van der Waals surface area contributed by atoms with E-state index in [4.69, 9.17) is 9.16 Å². The summed E-state index contributed by atoms with van der Waals surface area (Å²) in [6.45, 7) is 8.42. The first-order chi connectivity index (χ1) is 51.0. The number of alkyl halides is 3. The predicted molar refractivity (Wildman–Crippen MR) is 425 cm³/mol. The number of nitriles is 3. The molecule has 0 radical (unpaired) electrons. The van der Waals surface area contributed by atoms with Crippen LogP contribution >= 0.6 is 11.8 Å². The first kappa shape index (κ1) is 73.7. The maximum atomic E-state index is 16.0. The summed E-state index contributed by atoms with van der Waals surface area (Å²) in [6, 6.07) is 98.3. The van der Waals surface area contributed by atoms with Gasteiger partial charge in [0, 0.05) is 83.0 Å². The van der Waals surface area contributed by atoms with Crippen LogP contribution in [0.2, 0.25) is 0 Å². The Bertz CT molecular complexity index is 4830. The van der Waals surface area contributed by atoms with Crippen LogP contribution in [0, 0.1) is 39.4 Å². The zero-order chi connectivity index (χ0) is 73.6. The molecule has 0 spiro atoms. The fourth-order valence-electron chi connectivity index (χ4n) is 13.9. The number of hydrogen-bond donors (Lipinski definition) is 1. The molecule has 1 heterocycles. The number of hydrogen-bond acceptors (Lipinski definition) is 10. The number of anilines is 5. The van der Waals surface area contributed by atoms with Crippen molar-refractivity contribution in [2.24, 2.45) is 5.41 Å². The van der Waals surface area contributed by atoms with E-state index in [9.17, 15) is 20.9 Å². The molecule has 0 saturated heterocycles. The highest BCUT2D eigenvalue weighted by Gasteiger charge is 2.65. The van der Waals surface area contributed by atoms with Crippen molar-refractivity contribution in [2.45, 2.75) is 66.2 Å². The van der Waals surface area contributed by atoms with Crippen molar-refractivity contribution in [3.05, 3.63) is 359 Å². The Balaban J connectivity index is 0.891. The molecule has 1 aliphatic carbocycles. The third-order valence-corrected chi connectivity index (χ3v) is 26.6. The van der Waals surface area contributed by atoms with Gasteiger partial charge in [-0.3, -0.25) is 0 Å². The third-order valence-electron chi connectivity index (χ3n) is 18.9. The largest absolute Gasteiger partial charge is 0.465 e. The van der Waals surface area contributed by atoms with Crippen molar-refractivity contribution >= 4 is 81.0 Å². The van der Waals surface area contributed by atoms with E-state index in [-0.39, 0.29) is 16.7 Å². The molecule has 2 atom stereocenters. The van der Waals surface area contributed by atoms with E-state index in [2.05, 4.69) is 242 Å². The lowest BCUT2D eigenvalue weighted by molar-refractivity contribution is -0.249. The highest BCUT2D eigenvalue weighted by Crippen LogP contribution is 2.56. The van der Waals surface area contributed by atoms with Gasteiger partial charge >= 0.3 is 6.18 Å². The highest BCUT2D eigenvalue weighted by molar-refractivity contribution is 8.03. The summed E-state index contributed by atoms with van der Waals surface area (Å²) < 4.78 is 61.2. The van der Waals surface area contributed by atoms with E-state index in [1.807, 2.05) is 74.8 Å². The van der Waals surface area contributed by atoms with Crippen molar-refractivity contribution in [2.75, 3.05) is 54.2 Å². The van der Waals surface area contributed by atoms with E-state index < -0.39 is 59.6 Å². The Hall–Kier alpha value is -11.1. The number of likely N-dealkylation sites (N-methyl/N-ethyl adjacent to an activating group) is 1. The maximum absolute atomic E-state index is 16.0. The molecule has 0 fully saturated rings. The number of thioether (sulfide) groups is 1. The van der Waals surface area contributed by atoms with Gasteiger partial charge in [0.2, 0.25) is 0 Å². The van der Waals surface area contributed by atoms with E-state index in [0.717, 1.165) is 76.8 Å². The number of rotatable bonds is 25. The zero-order valence-corrected chi connectivity index (χ0v) is 61.8. The lowest BCUT2D eigenvalue weighted by Gasteiger charge is -2.34. The highest BCUT2D eigenvalue weighted by atomic mass is 32.2. The molecule has 2 aliphatic rings. The van der Waals surface area contributed by atoms with E-state index >= 15 is 13.2 Å². The predicted octanol–water partition coefficient (Wildman–Crippen LogP) is 19.5. The Morgan fingerprint density at radius 1 is 0.610 bits per heavy atom. The van der Waals surface area contributed by atoms with Crippen molar-refractivity contribution in [1.29, 1.82) is 15.8 Å². The smallest absolute Gasteiger partial charge is 0.437 e. The molecule has 1 N–H and O–H groups in total. The average molecular weight is 1440 g/mol. The molecule has 524 valence electrons. The minimum Gasteiger partial charge on any atom is -0.465 e. The first-order valence-electron chi connectivity index (χ1n) is 34.9. The van der Waals surface area contributed by atoms with Crippen LogP contribution in [0.5, 0.6) is 0 Å². The second-order valence-corrected chi connectivity index (χ2v) is 33.0.